The third-order valence-corrected chi connectivity index (χ3v) is 3.96. The highest BCUT2D eigenvalue weighted by atomic mass is 19.4. The van der Waals surface area contributed by atoms with E-state index in [1.807, 2.05) is 11.8 Å². The maximum absolute atomic E-state index is 13.1. The summed E-state index contributed by atoms with van der Waals surface area (Å²) in [5.74, 6) is 0. The van der Waals surface area contributed by atoms with Gasteiger partial charge in [0, 0.05) is 31.9 Å². The van der Waals surface area contributed by atoms with Crippen LogP contribution in [0.2, 0.25) is 0 Å². The van der Waals surface area contributed by atoms with Crippen molar-refractivity contribution in [2.24, 2.45) is 5.41 Å². The smallest absolute Gasteiger partial charge is 0.410 e. The monoisotopic (exact) mass is 350 g/mol. The highest BCUT2D eigenvalue weighted by Gasteiger charge is 2.46. The van der Waals surface area contributed by atoms with E-state index >= 15 is 0 Å². The molecule has 0 aromatic rings. The van der Waals surface area contributed by atoms with Crippen LogP contribution in [0.1, 0.15) is 48.0 Å². The molecule has 1 saturated heterocycles. The molecule has 24 heavy (non-hydrogen) atoms. The van der Waals surface area contributed by atoms with E-state index in [0.29, 0.717) is 38.3 Å². The minimum atomic E-state index is -4.29. The molecule has 1 rings (SSSR count). The van der Waals surface area contributed by atoms with Crippen molar-refractivity contribution in [1.29, 1.82) is 0 Å². The first-order valence-electron chi connectivity index (χ1n) is 8.28. The lowest BCUT2D eigenvalue weighted by Gasteiger charge is -2.38. The molecule has 0 N–H and O–H groups in total. The molecule has 140 valence electrons. The van der Waals surface area contributed by atoms with Gasteiger partial charge in [0.2, 0.25) is 0 Å². The van der Waals surface area contributed by atoms with Crippen molar-refractivity contribution < 1.29 is 22.7 Å². The lowest BCUT2D eigenvalue weighted by molar-refractivity contribution is -0.194. The number of halogens is 3. The van der Waals surface area contributed by atoms with Crippen LogP contribution >= 0.6 is 0 Å². The molecule has 1 aliphatic rings. The van der Waals surface area contributed by atoms with Crippen molar-refractivity contribution in [1.82, 2.24) is 9.80 Å². The maximum Gasteiger partial charge on any atom is 0.410 e. The second-order valence-electron chi connectivity index (χ2n) is 7.66. The Morgan fingerprint density at radius 3 is 1.83 bits per heavy atom. The number of alkyl halides is 3. The molecule has 7 heteroatoms. The highest BCUT2D eigenvalue weighted by Crippen LogP contribution is 2.40. The minimum Gasteiger partial charge on any atom is -0.444 e. The Morgan fingerprint density at radius 2 is 1.46 bits per heavy atom. The average molecular weight is 350 g/mol. The van der Waals surface area contributed by atoms with Crippen LogP contribution in [0.4, 0.5) is 18.0 Å². The van der Waals surface area contributed by atoms with Crippen LogP contribution in [-0.2, 0) is 4.74 Å². The van der Waals surface area contributed by atoms with Gasteiger partial charge in [-0.05, 0) is 41.0 Å². The molecule has 4 nitrogen and oxygen atoms in total. The molecule has 0 aromatic carbocycles. The Kier molecular flexibility index (Phi) is 6.22. The summed E-state index contributed by atoms with van der Waals surface area (Å²) >= 11 is 0. The number of hydrogen-bond acceptors (Lipinski definition) is 3. The summed E-state index contributed by atoms with van der Waals surface area (Å²) in [6.07, 6.45) is -2.84. The van der Waals surface area contributed by atoms with E-state index in [9.17, 15) is 18.0 Å². The Hall–Kier alpha value is -1.40. The van der Waals surface area contributed by atoms with E-state index in [-0.39, 0.29) is 6.09 Å². The summed E-state index contributed by atoms with van der Waals surface area (Å²) in [4.78, 5) is 15.6. The van der Waals surface area contributed by atoms with E-state index in [4.69, 9.17) is 4.74 Å². The lowest BCUT2D eigenvalue weighted by atomic mass is 9.90. The van der Waals surface area contributed by atoms with Crippen molar-refractivity contribution in [3.8, 4) is 0 Å². The van der Waals surface area contributed by atoms with E-state index in [0.717, 1.165) is 0 Å². The predicted molar refractivity (Wildman–Crippen MR) is 87.6 cm³/mol. The van der Waals surface area contributed by atoms with Crippen molar-refractivity contribution >= 4 is 6.09 Å². The van der Waals surface area contributed by atoms with E-state index < -0.39 is 17.2 Å². The van der Waals surface area contributed by atoms with Gasteiger partial charge in [-0.2, -0.15) is 13.2 Å². The molecule has 0 atom stereocenters. The molecule has 0 bridgehead atoms. The number of rotatable bonds is 3. The number of ether oxygens (including phenoxy) is 1. The molecule has 0 radical (unpaired) electrons. The van der Waals surface area contributed by atoms with Crippen LogP contribution in [0, 0.1) is 5.41 Å². The standard InChI is InChI=1S/C17H29F3N2O2/c1-7-13(12-16(5,6)17(18,19)20)21-8-10-22(11-9-21)14(23)24-15(2,3)4/h12H,7-11H2,1-6H3/b13-12+. The quantitative estimate of drug-likeness (QED) is 0.755. The molecular formula is C17H29F3N2O2. The Morgan fingerprint density at radius 1 is 1.00 bits per heavy atom. The molecule has 0 saturated carbocycles. The van der Waals surface area contributed by atoms with Gasteiger partial charge in [0.25, 0.3) is 0 Å². The number of hydrogen-bond donors (Lipinski definition) is 0. The Balaban J connectivity index is 2.73. The molecular weight excluding hydrogens is 321 g/mol. The first-order chi connectivity index (χ1) is 10.8. The fourth-order valence-electron chi connectivity index (χ4n) is 2.42. The summed E-state index contributed by atoms with van der Waals surface area (Å²) in [6.45, 7) is 11.5. The van der Waals surface area contributed by atoms with Gasteiger partial charge in [-0.1, -0.05) is 13.0 Å². The molecule has 0 aliphatic carbocycles. The summed E-state index contributed by atoms with van der Waals surface area (Å²) in [7, 11) is 0. The fraction of sp³-hybridized carbons (Fsp3) is 0.824. The molecule has 0 aromatic heterocycles. The molecule has 1 fully saturated rings. The number of carbonyl (C=O) groups excluding carboxylic acids is 1. The summed E-state index contributed by atoms with van der Waals surface area (Å²) in [6, 6.07) is 0. The SMILES string of the molecule is CC/C(=C\C(C)(C)C(F)(F)F)N1CCN(C(=O)OC(C)(C)C)CC1. The van der Waals surface area contributed by atoms with E-state index in [1.54, 1.807) is 25.7 Å². The topological polar surface area (TPSA) is 32.8 Å². The van der Waals surface area contributed by atoms with Crippen LogP contribution in [0.5, 0.6) is 0 Å². The first-order valence-corrected chi connectivity index (χ1v) is 8.28. The summed E-state index contributed by atoms with van der Waals surface area (Å²) in [5.41, 5.74) is -1.76. The second kappa shape index (κ2) is 7.23. The van der Waals surface area contributed by atoms with Gasteiger partial charge in [-0.15, -0.1) is 0 Å². The zero-order valence-electron chi connectivity index (χ0n) is 15.5. The number of allylic oxidation sites excluding steroid dienone is 2. The minimum absolute atomic E-state index is 0.375. The third-order valence-electron chi connectivity index (χ3n) is 3.96. The van der Waals surface area contributed by atoms with Gasteiger partial charge >= 0.3 is 12.3 Å². The number of nitrogens with zero attached hydrogens (tertiary/aromatic N) is 2. The van der Waals surface area contributed by atoms with Gasteiger partial charge < -0.3 is 14.5 Å². The zero-order chi connectivity index (χ0) is 18.8. The maximum atomic E-state index is 13.1. The molecule has 1 aliphatic heterocycles. The molecule has 0 spiro atoms. The van der Waals surface area contributed by atoms with E-state index in [1.165, 1.54) is 19.9 Å². The van der Waals surface area contributed by atoms with Crippen LogP contribution < -0.4 is 0 Å². The predicted octanol–water partition coefficient (Wildman–Crippen LogP) is 4.42. The first kappa shape index (κ1) is 20.6. The molecule has 1 heterocycles. The van der Waals surface area contributed by atoms with Gasteiger partial charge in [0.1, 0.15) is 5.60 Å². The van der Waals surface area contributed by atoms with Gasteiger partial charge in [0.15, 0.2) is 0 Å². The fourth-order valence-corrected chi connectivity index (χ4v) is 2.42. The molecule has 1 amide bonds. The number of amides is 1. The highest BCUT2D eigenvalue weighted by molar-refractivity contribution is 5.68. The largest absolute Gasteiger partial charge is 0.444 e. The van der Waals surface area contributed by atoms with Crippen molar-refractivity contribution in [3.63, 3.8) is 0 Å². The summed E-state index contributed by atoms with van der Waals surface area (Å²) < 4.78 is 44.6. The van der Waals surface area contributed by atoms with Crippen molar-refractivity contribution in [2.45, 2.75) is 59.7 Å². The van der Waals surface area contributed by atoms with Gasteiger partial charge in [0.05, 0.1) is 5.41 Å². The van der Waals surface area contributed by atoms with E-state index in [2.05, 4.69) is 0 Å². The van der Waals surface area contributed by atoms with Crippen LogP contribution in [0.3, 0.4) is 0 Å². The van der Waals surface area contributed by atoms with Gasteiger partial charge in [-0.3, -0.25) is 0 Å². The van der Waals surface area contributed by atoms with Crippen molar-refractivity contribution in [3.05, 3.63) is 11.8 Å². The average Bonchev–Trinajstić information content (AvgIpc) is 2.42. The number of carbonyl (C=O) groups is 1. The van der Waals surface area contributed by atoms with Crippen molar-refractivity contribution in [2.75, 3.05) is 26.2 Å². The molecule has 0 unspecified atom stereocenters. The van der Waals surface area contributed by atoms with Crippen LogP contribution in [0.25, 0.3) is 0 Å². The zero-order valence-corrected chi connectivity index (χ0v) is 15.5. The Bertz CT molecular complexity index is 471. The third kappa shape index (κ3) is 5.60. The summed E-state index contributed by atoms with van der Waals surface area (Å²) in [5, 5.41) is 0. The second-order valence-corrected chi connectivity index (χ2v) is 7.66. The Labute approximate surface area is 142 Å². The van der Waals surface area contributed by atoms with Gasteiger partial charge in [-0.25, -0.2) is 4.79 Å². The lowest BCUT2D eigenvalue weighted by Crippen LogP contribution is -2.49. The van der Waals surface area contributed by atoms with Crippen LogP contribution in [-0.4, -0.2) is 53.8 Å². The van der Waals surface area contributed by atoms with Crippen LogP contribution in [0.15, 0.2) is 11.8 Å². The normalized spacial score (nSPS) is 18.0. The number of piperazine rings is 1.